The number of nitrogens with one attached hydrogen (secondary N) is 2. The Kier molecular flexibility index (Phi) is 6.46. The van der Waals surface area contributed by atoms with Crippen LogP contribution in [-0.4, -0.2) is 23.6 Å². The van der Waals surface area contributed by atoms with Crippen LogP contribution in [0.15, 0.2) is 45.3 Å². The highest BCUT2D eigenvalue weighted by molar-refractivity contribution is 7.12. The van der Waals surface area contributed by atoms with Gasteiger partial charge in [0.25, 0.3) is 0 Å². The molecule has 24 heavy (non-hydrogen) atoms. The predicted octanol–water partition coefficient (Wildman–Crippen LogP) is 3.33. The van der Waals surface area contributed by atoms with Gasteiger partial charge in [-0.2, -0.15) is 0 Å². The Labute approximate surface area is 145 Å². The Bertz CT molecular complexity index is 675. The maximum absolute atomic E-state index is 11.4. The van der Waals surface area contributed by atoms with Gasteiger partial charge < -0.3 is 0 Å². The molecule has 0 unspecified atom stereocenters. The van der Waals surface area contributed by atoms with Crippen molar-refractivity contribution in [2.45, 2.75) is 13.8 Å². The second-order valence-electron chi connectivity index (χ2n) is 4.32. The van der Waals surface area contributed by atoms with Crippen molar-refractivity contribution >= 4 is 46.3 Å². The van der Waals surface area contributed by atoms with E-state index in [1.165, 1.54) is 22.7 Å². The summed E-state index contributed by atoms with van der Waals surface area (Å²) < 4.78 is 0. The van der Waals surface area contributed by atoms with Gasteiger partial charge in [0.1, 0.15) is 0 Å². The topological polar surface area (TPSA) is 101 Å². The van der Waals surface area contributed by atoms with E-state index in [1.54, 1.807) is 13.8 Å². The number of hydrogen-bond acceptors (Lipinski definition) is 8. The number of carbonyl (C=O) groups is 2. The molecule has 0 aliphatic heterocycles. The Morgan fingerprint density at radius 3 is 1.62 bits per heavy atom. The van der Waals surface area contributed by atoms with E-state index < -0.39 is 12.2 Å². The normalized spacial score (nSPS) is 11.8. The molecular weight excluding hydrogens is 352 g/mol. The van der Waals surface area contributed by atoms with Crippen LogP contribution in [0.25, 0.3) is 0 Å². The van der Waals surface area contributed by atoms with Gasteiger partial charge >= 0.3 is 12.2 Å². The molecule has 0 aromatic carbocycles. The molecule has 2 rings (SSSR count). The van der Waals surface area contributed by atoms with Crippen LogP contribution in [0.4, 0.5) is 9.59 Å². The molecular formula is C14H14N4O4S2. The van der Waals surface area contributed by atoms with Crippen molar-refractivity contribution in [3.63, 3.8) is 0 Å². The molecule has 0 spiro atoms. The van der Waals surface area contributed by atoms with Crippen LogP contribution in [0.5, 0.6) is 0 Å². The molecule has 126 valence electrons. The van der Waals surface area contributed by atoms with Gasteiger partial charge in [-0.15, -0.1) is 22.7 Å². The van der Waals surface area contributed by atoms with Crippen molar-refractivity contribution in [3.8, 4) is 0 Å². The molecule has 8 nitrogen and oxygen atoms in total. The largest absolute Gasteiger partial charge is 0.452 e. The lowest BCUT2D eigenvalue weighted by atomic mass is 10.3. The summed E-state index contributed by atoms with van der Waals surface area (Å²) in [6, 6.07) is 7.40. The summed E-state index contributed by atoms with van der Waals surface area (Å²) in [5.41, 5.74) is 5.05. The van der Waals surface area contributed by atoms with Crippen molar-refractivity contribution < 1.29 is 19.3 Å². The van der Waals surface area contributed by atoms with E-state index in [9.17, 15) is 9.59 Å². The molecule has 2 N–H and O–H groups in total. The maximum Gasteiger partial charge on any atom is 0.452 e. The number of thiophene rings is 2. The van der Waals surface area contributed by atoms with Crippen LogP contribution in [0.2, 0.25) is 0 Å². The fourth-order valence-electron chi connectivity index (χ4n) is 1.43. The Balaban J connectivity index is 1.72. The van der Waals surface area contributed by atoms with E-state index in [-0.39, 0.29) is 0 Å². The molecule has 0 aliphatic carbocycles. The number of hydrazine groups is 1. The molecule has 0 aliphatic rings. The third-order valence-corrected chi connectivity index (χ3v) is 4.51. The molecule has 2 aromatic rings. The number of amides is 2. The van der Waals surface area contributed by atoms with Crippen LogP contribution in [0, 0.1) is 0 Å². The van der Waals surface area contributed by atoms with Crippen molar-refractivity contribution in [2.24, 2.45) is 10.3 Å². The SMILES string of the molecule is CC(=NOC(=O)NNC(=O)ON=C(C)c1cccs1)c1cccs1. The van der Waals surface area contributed by atoms with Crippen LogP contribution >= 0.6 is 22.7 Å². The summed E-state index contributed by atoms with van der Waals surface area (Å²) in [5, 5.41) is 11.1. The summed E-state index contributed by atoms with van der Waals surface area (Å²) in [5.74, 6) is 0. The van der Waals surface area contributed by atoms with Crippen molar-refractivity contribution in [3.05, 3.63) is 44.8 Å². The quantitative estimate of drug-likeness (QED) is 0.492. The standard InChI is InChI=1S/C14H14N4O4S2/c1-9(11-5-3-7-23-11)17-21-13(19)15-16-14(20)22-18-10(2)12-6-4-8-24-12/h3-8H,1-2H3,(H,15,19)(H,16,20). The Morgan fingerprint density at radius 1 is 0.875 bits per heavy atom. The first kappa shape index (κ1) is 17.6. The van der Waals surface area contributed by atoms with E-state index in [0.717, 1.165) is 9.75 Å². The molecule has 2 amide bonds. The molecule has 0 fully saturated rings. The fourth-order valence-corrected chi connectivity index (χ4v) is 2.76. The zero-order chi connectivity index (χ0) is 17.4. The average Bonchev–Trinajstić information content (AvgIpc) is 3.28. The third kappa shape index (κ3) is 5.48. The molecule has 10 heteroatoms. The maximum atomic E-state index is 11.4. The van der Waals surface area contributed by atoms with Crippen LogP contribution < -0.4 is 10.9 Å². The van der Waals surface area contributed by atoms with E-state index in [0.29, 0.717) is 11.4 Å². The fraction of sp³-hybridized carbons (Fsp3) is 0.143. The average molecular weight is 366 g/mol. The van der Waals surface area contributed by atoms with Crippen LogP contribution in [0.3, 0.4) is 0 Å². The first-order chi connectivity index (χ1) is 11.6. The van der Waals surface area contributed by atoms with E-state index >= 15 is 0 Å². The van der Waals surface area contributed by atoms with Gasteiger partial charge in [0, 0.05) is 0 Å². The number of oxime groups is 2. The summed E-state index contributed by atoms with van der Waals surface area (Å²) >= 11 is 2.93. The highest BCUT2D eigenvalue weighted by Gasteiger charge is 2.08. The minimum absolute atomic E-state index is 0.541. The van der Waals surface area contributed by atoms with Crippen molar-refractivity contribution in [1.29, 1.82) is 0 Å². The molecule has 0 saturated carbocycles. The van der Waals surface area contributed by atoms with E-state index in [2.05, 4.69) is 20.0 Å². The first-order valence-electron chi connectivity index (χ1n) is 6.67. The predicted molar refractivity (Wildman–Crippen MR) is 92.3 cm³/mol. The zero-order valence-corrected chi connectivity index (χ0v) is 14.4. The lowest BCUT2D eigenvalue weighted by molar-refractivity contribution is 0.128. The molecule has 2 aromatic heterocycles. The molecule has 0 bridgehead atoms. The second-order valence-corrected chi connectivity index (χ2v) is 6.21. The lowest BCUT2D eigenvalue weighted by Gasteiger charge is -2.04. The van der Waals surface area contributed by atoms with Gasteiger partial charge in [-0.1, -0.05) is 22.4 Å². The Morgan fingerprint density at radius 2 is 1.29 bits per heavy atom. The summed E-state index contributed by atoms with van der Waals surface area (Å²) in [4.78, 5) is 33.8. The van der Waals surface area contributed by atoms with Crippen LogP contribution in [-0.2, 0) is 9.68 Å². The van der Waals surface area contributed by atoms with Gasteiger partial charge in [-0.25, -0.2) is 20.4 Å². The molecule has 0 radical (unpaired) electrons. The molecule has 0 saturated heterocycles. The second kappa shape index (κ2) is 8.79. The van der Waals surface area contributed by atoms with Gasteiger partial charge in [0.05, 0.1) is 21.2 Å². The van der Waals surface area contributed by atoms with Gasteiger partial charge in [0.15, 0.2) is 0 Å². The van der Waals surface area contributed by atoms with Gasteiger partial charge in [-0.3, -0.25) is 9.68 Å². The molecule has 0 atom stereocenters. The lowest BCUT2D eigenvalue weighted by Crippen LogP contribution is -2.41. The van der Waals surface area contributed by atoms with Crippen molar-refractivity contribution in [2.75, 3.05) is 0 Å². The molecule has 2 heterocycles. The van der Waals surface area contributed by atoms with Gasteiger partial charge in [0.2, 0.25) is 0 Å². The highest BCUT2D eigenvalue weighted by Crippen LogP contribution is 2.10. The summed E-state index contributed by atoms with van der Waals surface area (Å²) in [6.45, 7) is 3.39. The summed E-state index contributed by atoms with van der Waals surface area (Å²) in [7, 11) is 0. The van der Waals surface area contributed by atoms with Gasteiger partial charge in [-0.05, 0) is 36.7 Å². The number of carbonyl (C=O) groups excluding carboxylic acids is 2. The third-order valence-electron chi connectivity index (χ3n) is 2.55. The van der Waals surface area contributed by atoms with E-state index in [4.69, 9.17) is 0 Å². The van der Waals surface area contributed by atoms with Crippen LogP contribution in [0.1, 0.15) is 23.6 Å². The smallest absolute Gasteiger partial charge is 0.296 e. The monoisotopic (exact) mass is 366 g/mol. The number of nitrogens with zero attached hydrogens (tertiary/aromatic N) is 2. The minimum Gasteiger partial charge on any atom is -0.296 e. The van der Waals surface area contributed by atoms with E-state index in [1.807, 2.05) is 45.9 Å². The highest BCUT2D eigenvalue weighted by atomic mass is 32.1. The Hall–Kier alpha value is -2.72. The number of hydrogen-bond donors (Lipinski definition) is 2. The first-order valence-corrected chi connectivity index (χ1v) is 8.43. The summed E-state index contributed by atoms with van der Waals surface area (Å²) in [6.07, 6.45) is -1.91. The number of rotatable bonds is 4. The minimum atomic E-state index is -0.957. The zero-order valence-electron chi connectivity index (χ0n) is 12.8. The van der Waals surface area contributed by atoms with Crippen molar-refractivity contribution in [1.82, 2.24) is 10.9 Å².